The van der Waals surface area contributed by atoms with E-state index in [1.165, 1.54) is 7.11 Å². The molecular weight excluding hydrogens is 288 g/mol. The maximum Gasteiger partial charge on any atom is 0.372 e. The Hall–Kier alpha value is -1.33. The van der Waals surface area contributed by atoms with E-state index in [2.05, 4.69) is 15.9 Å². The molecule has 1 N–H and O–H groups in total. The fraction of sp³-hybridized carbons (Fsp3) is 0.250. The third kappa shape index (κ3) is 1.96. The minimum atomic E-state index is -1.08. The Morgan fingerprint density at radius 3 is 2.82 bits per heavy atom. The van der Waals surface area contributed by atoms with Crippen molar-refractivity contribution in [2.75, 3.05) is 7.11 Å². The van der Waals surface area contributed by atoms with Gasteiger partial charge in [0.15, 0.2) is 0 Å². The number of hydrogen-bond acceptors (Lipinski definition) is 3. The zero-order valence-corrected chi connectivity index (χ0v) is 11.0. The number of halogens is 1. The van der Waals surface area contributed by atoms with E-state index < -0.39 is 5.97 Å². The second kappa shape index (κ2) is 4.50. The molecule has 1 aromatic carbocycles. The lowest BCUT2D eigenvalue weighted by atomic mass is 10.1. The molecule has 0 aliphatic carbocycles. The van der Waals surface area contributed by atoms with E-state index in [1.807, 2.05) is 19.1 Å². The smallest absolute Gasteiger partial charge is 0.372 e. The summed E-state index contributed by atoms with van der Waals surface area (Å²) in [5.41, 5.74) is 2.04. The molecule has 0 radical (unpaired) electrons. The van der Waals surface area contributed by atoms with Gasteiger partial charge in [0.2, 0.25) is 5.76 Å². The fourth-order valence-electron chi connectivity index (χ4n) is 1.81. The Kier molecular flexibility index (Phi) is 3.22. The van der Waals surface area contributed by atoms with Gasteiger partial charge in [0, 0.05) is 22.5 Å². The fourth-order valence-corrected chi connectivity index (χ4v) is 2.36. The molecule has 17 heavy (non-hydrogen) atoms. The Morgan fingerprint density at radius 1 is 1.53 bits per heavy atom. The number of furan rings is 1. The van der Waals surface area contributed by atoms with Crippen LogP contribution in [0.25, 0.3) is 11.0 Å². The standard InChI is InChI=1S/C12H11BrO4/c1-6-3-4-8(13)9-7(5-16-2)11(12(14)15)17-10(6)9/h3-4H,5H2,1-2H3,(H,14,15). The summed E-state index contributed by atoms with van der Waals surface area (Å²) in [5.74, 6) is -1.14. The molecule has 0 unspecified atom stereocenters. The molecule has 0 atom stereocenters. The zero-order chi connectivity index (χ0) is 12.6. The minimum absolute atomic E-state index is 0.0585. The second-order valence-corrected chi connectivity index (χ2v) is 4.57. The summed E-state index contributed by atoms with van der Waals surface area (Å²) in [5, 5.41) is 9.88. The van der Waals surface area contributed by atoms with E-state index in [4.69, 9.17) is 14.3 Å². The Balaban J connectivity index is 2.84. The van der Waals surface area contributed by atoms with Crippen molar-refractivity contribution in [1.82, 2.24) is 0 Å². The number of carboxylic acid groups (broad SMARTS) is 1. The van der Waals surface area contributed by atoms with Gasteiger partial charge in [-0.05, 0) is 18.6 Å². The maximum absolute atomic E-state index is 11.1. The van der Waals surface area contributed by atoms with Gasteiger partial charge in [0.25, 0.3) is 0 Å². The van der Waals surface area contributed by atoms with Crippen LogP contribution in [-0.4, -0.2) is 18.2 Å². The van der Waals surface area contributed by atoms with E-state index in [-0.39, 0.29) is 12.4 Å². The second-order valence-electron chi connectivity index (χ2n) is 3.72. The SMILES string of the molecule is COCc1c(C(=O)O)oc2c(C)ccc(Br)c12. The highest BCUT2D eigenvalue weighted by atomic mass is 79.9. The van der Waals surface area contributed by atoms with Crippen LogP contribution in [0.1, 0.15) is 21.7 Å². The van der Waals surface area contributed by atoms with Crippen molar-refractivity contribution >= 4 is 32.9 Å². The number of aryl methyl sites for hydroxylation is 1. The molecule has 2 aromatic rings. The molecule has 1 aromatic heterocycles. The number of ether oxygens (including phenoxy) is 1. The highest BCUT2D eigenvalue weighted by Crippen LogP contribution is 2.34. The molecule has 0 fully saturated rings. The van der Waals surface area contributed by atoms with E-state index in [9.17, 15) is 4.79 Å². The van der Waals surface area contributed by atoms with Crippen LogP contribution in [0, 0.1) is 6.92 Å². The van der Waals surface area contributed by atoms with Gasteiger partial charge in [-0.15, -0.1) is 0 Å². The molecule has 0 amide bonds. The summed E-state index contributed by atoms with van der Waals surface area (Å²) in [6, 6.07) is 3.75. The van der Waals surface area contributed by atoms with Crippen molar-refractivity contribution in [1.29, 1.82) is 0 Å². The van der Waals surface area contributed by atoms with Gasteiger partial charge in [0.1, 0.15) is 5.58 Å². The van der Waals surface area contributed by atoms with E-state index >= 15 is 0 Å². The molecule has 2 rings (SSSR count). The number of carbonyl (C=O) groups is 1. The summed E-state index contributed by atoms with van der Waals surface area (Å²) in [6.07, 6.45) is 0. The van der Waals surface area contributed by atoms with Gasteiger partial charge >= 0.3 is 5.97 Å². The lowest BCUT2D eigenvalue weighted by Gasteiger charge is -2.00. The van der Waals surface area contributed by atoms with Crippen molar-refractivity contribution in [2.45, 2.75) is 13.5 Å². The first-order chi connectivity index (χ1) is 8.06. The van der Waals surface area contributed by atoms with Crippen LogP contribution >= 0.6 is 15.9 Å². The van der Waals surface area contributed by atoms with Crippen LogP contribution in [-0.2, 0) is 11.3 Å². The molecule has 0 saturated carbocycles. The number of methoxy groups -OCH3 is 1. The predicted molar refractivity (Wildman–Crippen MR) is 66.3 cm³/mol. The highest BCUT2D eigenvalue weighted by Gasteiger charge is 2.22. The average molecular weight is 299 g/mol. The Labute approximate surface area is 106 Å². The van der Waals surface area contributed by atoms with E-state index in [0.717, 1.165) is 15.4 Å². The number of rotatable bonds is 3. The number of benzene rings is 1. The van der Waals surface area contributed by atoms with E-state index in [0.29, 0.717) is 11.1 Å². The van der Waals surface area contributed by atoms with Crippen LogP contribution in [0.4, 0.5) is 0 Å². The van der Waals surface area contributed by atoms with Crippen molar-refractivity contribution in [2.24, 2.45) is 0 Å². The first-order valence-corrected chi connectivity index (χ1v) is 5.78. The first kappa shape index (κ1) is 12.1. The zero-order valence-electron chi connectivity index (χ0n) is 9.41. The molecule has 5 heteroatoms. The molecule has 90 valence electrons. The van der Waals surface area contributed by atoms with Gasteiger partial charge in [-0.2, -0.15) is 0 Å². The molecule has 1 heterocycles. The van der Waals surface area contributed by atoms with Gasteiger partial charge in [-0.3, -0.25) is 0 Å². The van der Waals surface area contributed by atoms with Crippen LogP contribution in [0.15, 0.2) is 21.0 Å². The van der Waals surface area contributed by atoms with Gasteiger partial charge < -0.3 is 14.3 Å². The lowest BCUT2D eigenvalue weighted by Crippen LogP contribution is -2.00. The lowest BCUT2D eigenvalue weighted by molar-refractivity contribution is 0.0658. The summed E-state index contributed by atoms with van der Waals surface area (Å²) in [4.78, 5) is 11.1. The highest BCUT2D eigenvalue weighted by molar-refractivity contribution is 9.10. The summed E-state index contributed by atoms with van der Waals surface area (Å²) in [6.45, 7) is 2.08. The topological polar surface area (TPSA) is 59.7 Å². The molecule has 0 aliphatic heterocycles. The first-order valence-electron chi connectivity index (χ1n) is 4.99. The van der Waals surface area contributed by atoms with Crippen LogP contribution in [0.5, 0.6) is 0 Å². The third-order valence-electron chi connectivity index (χ3n) is 2.57. The quantitative estimate of drug-likeness (QED) is 0.944. The normalized spacial score (nSPS) is 11.0. The van der Waals surface area contributed by atoms with Crippen LogP contribution < -0.4 is 0 Å². The largest absolute Gasteiger partial charge is 0.475 e. The predicted octanol–water partition coefficient (Wildman–Crippen LogP) is 3.35. The van der Waals surface area contributed by atoms with Crippen molar-refractivity contribution < 1.29 is 19.1 Å². The van der Waals surface area contributed by atoms with Crippen LogP contribution in [0.3, 0.4) is 0 Å². The molecule has 0 aliphatic rings. The third-order valence-corrected chi connectivity index (χ3v) is 3.23. The molecule has 0 bridgehead atoms. The van der Waals surface area contributed by atoms with Crippen molar-refractivity contribution in [3.05, 3.63) is 33.5 Å². The molecule has 4 nitrogen and oxygen atoms in total. The molecular formula is C12H11BrO4. The number of fused-ring (bicyclic) bond motifs is 1. The van der Waals surface area contributed by atoms with Gasteiger partial charge in [0.05, 0.1) is 6.61 Å². The average Bonchev–Trinajstić information content (AvgIpc) is 2.65. The molecule has 0 saturated heterocycles. The summed E-state index contributed by atoms with van der Waals surface area (Å²) in [7, 11) is 1.52. The van der Waals surface area contributed by atoms with Crippen molar-refractivity contribution in [3.8, 4) is 0 Å². The van der Waals surface area contributed by atoms with Crippen molar-refractivity contribution in [3.63, 3.8) is 0 Å². The molecule has 0 spiro atoms. The monoisotopic (exact) mass is 298 g/mol. The van der Waals surface area contributed by atoms with Gasteiger partial charge in [-0.25, -0.2) is 4.79 Å². The van der Waals surface area contributed by atoms with E-state index in [1.54, 1.807) is 0 Å². The summed E-state index contributed by atoms with van der Waals surface area (Å²) < 4.78 is 11.3. The van der Waals surface area contributed by atoms with Gasteiger partial charge in [-0.1, -0.05) is 22.0 Å². The number of carboxylic acids is 1. The van der Waals surface area contributed by atoms with Crippen LogP contribution in [0.2, 0.25) is 0 Å². The summed E-state index contributed by atoms with van der Waals surface area (Å²) >= 11 is 3.41. The number of hydrogen-bond donors (Lipinski definition) is 1. The Bertz CT molecular complexity index is 586. The number of aromatic carboxylic acids is 1. The Morgan fingerprint density at radius 2 is 2.24 bits per heavy atom. The minimum Gasteiger partial charge on any atom is -0.475 e. The maximum atomic E-state index is 11.1.